The van der Waals surface area contributed by atoms with Crippen molar-refractivity contribution in [3.63, 3.8) is 0 Å². The van der Waals surface area contributed by atoms with E-state index in [9.17, 15) is 9.90 Å². The number of carboxylic acid groups (broad SMARTS) is 1. The fraction of sp³-hybridized carbons (Fsp3) is 0.750. The zero-order valence-electron chi connectivity index (χ0n) is 15.5. The zero-order valence-corrected chi connectivity index (χ0v) is 15.5. The molecule has 0 bridgehead atoms. The van der Waals surface area contributed by atoms with Gasteiger partial charge in [-0.2, -0.15) is 0 Å². The lowest BCUT2D eigenvalue weighted by atomic mass is 10.0. The van der Waals surface area contributed by atoms with Crippen molar-refractivity contribution in [2.45, 2.75) is 90.2 Å². The molecule has 4 nitrogen and oxygen atoms in total. The molecule has 0 saturated heterocycles. The first-order valence-electron chi connectivity index (χ1n) is 9.56. The summed E-state index contributed by atoms with van der Waals surface area (Å²) in [6.07, 6.45) is 17.1. The van der Waals surface area contributed by atoms with Gasteiger partial charge in [-0.3, -0.25) is 4.79 Å². The Balaban J connectivity index is 3.72. The van der Waals surface area contributed by atoms with Crippen LogP contribution in [0, 0.1) is 0 Å². The van der Waals surface area contributed by atoms with E-state index < -0.39 is 5.97 Å². The average Bonchev–Trinajstić information content (AvgIpc) is 2.55. The molecule has 0 aromatic carbocycles. The van der Waals surface area contributed by atoms with Gasteiger partial charge in [0.15, 0.2) is 0 Å². The van der Waals surface area contributed by atoms with Crippen LogP contribution in [0.25, 0.3) is 0 Å². The maximum absolute atomic E-state index is 10.6. The first-order valence-corrected chi connectivity index (χ1v) is 9.56. The minimum atomic E-state index is -0.718. The van der Waals surface area contributed by atoms with Gasteiger partial charge >= 0.3 is 5.97 Å². The normalized spacial score (nSPS) is 14.5. The summed E-state index contributed by atoms with van der Waals surface area (Å²) >= 11 is 0. The summed E-state index contributed by atoms with van der Waals surface area (Å²) in [7, 11) is 0. The van der Waals surface area contributed by atoms with Crippen molar-refractivity contribution in [3.8, 4) is 0 Å². The Hall–Kier alpha value is -1.13. The number of allylic oxidation sites excluding steroid dienone is 3. The molecule has 140 valence electrons. The van der Waals surface area contributed by atoms with Crippen LogP contribution in [0.5, 0.6) is 0 Å². The number of carboxylic acids is 1. The molecule has 0 aromatic rings. The molecule has 0 rings (SSSR count). The first-order chi connectivity index (χ1) is 11.6. The highest BCUT2D eigenvalue weighted by molar-refractivity contribution is 5.66. The second-order valence-corrected chi connectivity index (χ2v) is 6.35. The fourth-order valence-electron chi connectivity index (χ4n) is 2.65. The van der Waals surface area contributed by atoms with E-state index in [-0.39, 0.29) is 12.5 Å². The molecule has 0 saturated carbocycles. The molecule has 2 atom stereocenters. The second-order valence-electron chi connectivity index (χ2n) is 6.35. The standard InChI is InChI=1S/C20H37NO3/c1-3-5-10-14-19(22)15-12-9-7-6-8-11-13-18(21-4-2)16-17-20(23)24/h7,9,12,15,18-19,21-22H,3-6,8,10-11,13-14,16-17H2,1-2H3,(H,23,24). The molecule has 0 aliphatic rings. The molecular weight excluding hydrogens is 302 g/mol. The van der Waals surface area contributed by atoms with Gasteiger partial charge in [0.1, 0.15) is 0 Å². The van der Waals surface area contributed by atoms with Gasteiger partial charge in [-0.15, -0.1) is 0 Å². The molecule has 24 heavy (non-hydrogen) atoms. The zero-order chi connectivity index (χ0) is 18.0. The van der Waals surface area contributed by atoms with Gasteiger partial charge in [-0.05, 0) is 38.6 Å². The minimum absolute atomic E-state index is 0.239. The number of unbranched alkanes of at least 4 members (excludes halogenated alkanes) is 4. The number of hydrogen-bond acceptors (Lipinski definition) is 3. The number of aliphatic hydroxyl groups is 1. The molecule has 0 aliphatic heterocycles. The Bertz CT molecular complexity index is 353. The highest BCUT2D eigenvalue weighted by Gasteiger charge is 2.08. The van der Waals surface area contributed by atoms with Crippen molar-refractivity contribution in [3.05, 3.63) is 24.3 Å². The molecule has 0 amide bonds. The summed E-state index contributed by atoms with van der Waals surface area (Å²) in [5.74, 6) is -0.718. The lowest BCUT2D eigenvalue weighted by Crippen LogP contribution is -2.29. The smallest absolute Gasteiger partial charge is 0.303 e. The number of rotatable bonds is 16. The van der Waals surface area contributed by atoms with Gasteiger partial charge in [0.2, 0.25) is 0 Å². The Morgan fingerprint density at radius 2 is 1.79 bits per heavy atom. The van der Waals surface area contributed by atoms with Crippen LogP contribution >= 0.6 is 0 Å². The Morgan fingerprint density at radius 3 is 2.46 bits per heavy atom. The molecule has 2 unspecified atom stereocenters. The van der Waals surface area contributed by atoms with Crippen molar-refractivity contribution in [1.29, 1.82) is 0 Å². The van der Waals surface area contributed by atoms with E-state index in [1.165, 1.54) is 12.8 Å². The number of hydrogen-bond donors (Lipinski definition) is 3. The van der Waals surface area contributed by atoms with Crippen LogP contribution in [0.3, 0.4) is 0 Å². The number of carbonyl (C=O) groups is 1. The monoisotopic (exact) mass is 339 g/mol. The van der Waals surface area contributed by atoms with Crippen LogP contribution in [0.1, 0.15) is 78.1 Å². The molecule has 0 heterocycles. The highest BCUT2D eigenvalue weighted by Crippen LogP contribution is 2.09. The maximum Gasteiger partial charge on any atom is 0.303 e. The molecule has 0 spiro atoms. The van der Waals surface area contributed by atoms with E-state index in [0.29, 0.717) is 12.5 Å². The van der Waals surface area contributed by atoms with Crippen molar-refractivity contribution < 1.29 is 15.0 Å². The van der Waals surface area contributed by atoms with Gasteiger partial charge < -0.3 is 15.5 Å². The lowest BCUT2D eigenvalue weighted by Gasteiger charge is -2.16. The van der Waals surface area contributed by atoms with Crippen molar-refractivity contribution >= 4 is 5.97 Å². The summed E-state index contributed by atoms with van der Waals surface area (Å²) in [4.78, 5) is 10.6. The van der Waals surface area contributed by atoms with E-state index in [4.69, 9.17) is 5.11 Å². The third-order valence-electron chi connectivity index (χ3n) is 4.06. The van der Waals surface area contributed by atoms with Gasteiger partial charge in [0, 0.05) is 12.5 Å². The second kappa shape index (κ2) is 16.7. The van der Waals surface area contributed by atoms with Gasteiger partial charge in [-0.25, -0.2) is 0 Å². The maximum atomic E-state index is 10.6. The Morgan fingerprint density at radius 1 is 1.04 bits per heavy atom. The fourth-order valence-corrected chi connectivity index (χ4v) is 2.65. The SMILES string of the molecule is CCCCCC(O)C=CC=CCCCCC(CCC(=O)O)NCC. The number of aliphatic carboxylic acids is 1. The quantitative estimate of drug-likeness (QED) is 0.287. The van der Waals surface area contributed by atoms with E-state index >= 15 is 0 Å². The number of nitrogens with one attached hydrogen (secondary N) is 1. The molecule has 3 N–H and O–H groups in total. The van der Waals surface area contributed by atoms with E-state index in [0.717, 1.165) is 45.1 Å². The molecule has 4 heteroatoms. The van der Waals surface area contributed by atoms with Gasteiger partial charge in [0.25, 0.3) is 0 Å². The summed E-state index contributed by atoms with van der Waals surface area (Å²) in [6, 6.07) is 0.313. The number of aliphatic hydroxyl groups excluding tert-OH is 1. The summed E-state index contributed by atoms with van der Waals surface area (Å²) in [6.45, 7) is 5.10. The summed E-state index contributed by atoms with van der Waals surface area (Å²) in [5.41, 5.74) is 0. The lowest BCUT2D eigenvalue weighted by molar-refractivity contribution is -0.137. The van der Waals surface area contributed by atoms with Crippen molar-refractivity contribution in [1.82, 2.24) is 5.32 Å². The van der Waals surface area contributed by atoms with E-state index in [2.05, 4.69) is 25.2 Å². The molecule has 0 aromatic heterocycles. The topological polar surface area (TPSA) is 69.6 Å². The third kappa shape index (κ3) is 15.8. The largest absolute Gasteiger partial charge is 0.481 e. The Labute approximate surface area is 148 Å². The predicted molar refractivity (Wildman–Crippen MR) is 101 cm³/mol. The van der Waals surface area contributed by atoms with Crippen LogP contribution in [-0.2, 0) is 4.79 Å². The van der Waals surface area contributed by atoms with Crippen LogP contribution in [-0.4, -0.2) is 34.9 Å². The summed E-state index contributed by atoms with van der Waals surface area (Å²) in [5, 5.41) is 21.9. The first kappa shape index (κ1) is 22.9. The van der Waals surface area contributed by atoms with Crippen molar-refractivity contribution in [2.24, 2.45) is 0 Å². The molecule has 0 radical (unpaired) electrons. The van der Waals surface area contributed by atoms with E-state index in [1.807, 2.05) is 18.2 Å². The minimum Gasteiger partial charge on any atom is -0.481 e. The predicted octanol–water partition coefficient (Wildman–Crippen LogP) is 4.44. The van der Waals surface area contributed by atoms with Crippen LogP contribution < -0.4 is 5.32 Å². The van der Waals surface area contributed by atoms with Crippen LogP contribution in [0.2, 0.25) is 0 Å². The average molecular weight is 340 g/mol. The Kier molecular flexibility index (Phi) is 15.9. The third-order valence-corrected chi connectivity index (χ3v) is 4.06. The van der Waals surface area contributed by atoms with Crippen LogP contribution in [0.15, 0.2) is 24.3 Å². The van der Waals surface area contributed by atoms with Crippen LogP contribution in [0.4, 0.5) is 0 Å². The molecule has 0 aliphatic carbocycles. The summed E-state index contributed by atoms with van der Waals surface area (Å²) < 4.78 is 0. The van der Waals surface area contributed by atoms with Crippen molar-refractivity contribution in [2.75, 3.05) is 6.54 Å². The van der Waals surface area contributed by atoms with Gasteiger partial charge in [0.05, 0.1) is 6.10 Å². The van der Waals surface area contributed by atoms with Gasteiger partial charge in [-0.1, -0.05) is 63.8 Å². The van der Waals surface area contributed by atoms with E-state index in [1.54, 1.807) is 0 Å². The molecule has 0 fully saturated rings. The molecular formula is C20H37NO3. The highest BCUT2D eigenvalue weighted by atomic mass is 16.4.